The number of hydrogen-bond donors (Lipinski definition) is 0. The molecule has 1 rings (SSSR count). The minimum atomic E-state index is -1.02. The second-order valence-corrected chi connectivity index (χ2v) is 5.75. The summed E-state index contributed by atoms with van der Waals surface area (Å²) in [5, 5.41) is 8.73. The van der Waals surface area contributed by atoms with Gasteiger partial charge < -0.3 is 9.47 Å². The lowest BCUT2D eigenvalue weighted by Gasteiger charge is -2.26. The largest absolute Gasteiger partial charge is 0.464 e. The Balaban J connectivity index is 2.98. The van der Waals surface area contributed by atoms with Crippen molar-refractivity contribution in [2.45, 2.75) is 52.2 Å². The molecular weight excluding hydrogens is 276 g/mol. The number of esters is 1. The van der Waals surface area contributed by atoms with Gasteiger partial charge in [0.15, 0.2) is 0 Å². The third-order valence-electron chi connectivity index (χ3n) is 2.89. The van der Waals surface area contributed by atoms with Crippen molar-refractivity contribution >= 4 is 18.0 Å². The summed E-state index contributed by atoms with van der Waals surface area (Å²) >= 11 is 0. The molecule has 0 spiro atoms. The monoisotopic (exact) mass is 296 g/mol. The molecule has 21 heavy (non-hydrogen) atoms. The summed E-state index contributed by atoms with van der Waals surface area (Å²) in [6, 6.07) is 0.865. The van der Waals surface area contributed by atoms with Crippen LogP contribution in [0.1, 0.15) is 40.5 Å². The number of carbonyl (C=O) groups is 3. The van der Waals surface area contributed by atoms with Crippen molar-refractivity contribution in [1.29, 1.82) is 5.26 Å². The first-order valence-corrected chi connectivity index (χ1v) is 6.81. The first-order chi connectivity index (χ1) is 9.71. The third kappa shape index (κ3) is 4.18. The molecule has 0 radical (unpaired) electrons. The molecule has 0 aliphatic carbocycles. The van der Waals surface area contributed by atoms with Crippen LogP contribution in [-0.2, 0) is 19.1 Å². The van der Waals surface area contributed by atoms with Crippen LogP contribution in [0.25, 0.3) is 0 Å². The van der Waals surface area contributed by atoms with E-state index in [4.69, 9.17) is 14.7 Å². The van der Waals surface area contributed by atoms with Gasteiger partial charge in [0.2, 0.25) is 5.91 Å². The van der Waals surface area contributed by atoms with Crippen LogP contribution in [0, 0.1) is 17.2 Å². The second kappa shape index (κ2) is 6.57. The second-order valence-electron chi connectivity index (χ2n) is 5.75. The molecule has 1 fully saturated rings. The van der Waals surface area contributed by atoms with Gasteiger partial charge >= 0.3 is 12.1 Å². The molecule has 7 heteroatoms. The van der Waals surface area contributed by atoms with Gasteiger partial charge in [-0.2, -0.15) is 5.26 Å². The first kappa shape index (κ1) is 17.0. The lowest BCUT2D eigenvalue weighted by atomic mass is 10.0. The van der Waals surface area contributed by atoms with E-state index < -0.39 is 35.5 Å². The zero-order valence-corrected chi connectivity index (χ0v) is 12.7. The Kier molecular flexibility index (Phi) is 5.30. The van der Waals surface area contributed by atoms with Crippen LogP contribution in [-0.4, -0.2) is 41.1 Å². The number of carbonyl (C=O) groups excluding carboxylic acids is 3. The molecular formula is C14H20N2O5. The molecule has 0 aromatic heterocycles. The van der Waals surface area contributed by atoms with Crippen LogP contribution < -0.4 is 0 Å². The maximum absolute atomic E-state index is 12.2. The minimum absolute atomic E-state index is 0.0476. The zero-order chi connectivity index (χ0) is 16.2. The maximum Gasteiger partial charge on any atom is 0.417 e. The first-order valence-electron chi connectivity index (χ1n) is 6.81. The van der Waals surface area contributed by atoms with Gasteiger partial charge in [0.1, 0.15) is 11.6 Å². The Morgan fingerprint density at radius 1 is 1.43 bits per heavy atom. The van der Waals surface area contributed by atoms with Crippen molar-refractivity contribution in [3.8, 4) is 6.07 Å². The molecule has 1 heterocycles. The van der Waals surface area contributed by atoms with Crippen LogP contribution >= 0.6 is 0 Å². The van der Waals surface area contributed by atoms with E-state index in [9.17, 15) is 14.4 Å². The molecule has 7 nitrogen and oxygen atoms in total. The summed E-state index contributed by atoms with van der Waals surface area (Å²) in [7, 11) is 0. The van der Waals surface area contributed by atoms with Crippen molar-refractivity contribution in [3.63, 3.8) is 0 Å². The number of imide groups is 1. The van der Waals surface area contributed by atoms with Gasteiger partial charge in [-0.1, -0.05) is 0 Å². The molecule has 1 aliphatic heterocycles. The normalized spacial score (nSPS) is 21.9. The zero-order valence-electron chi connectivity index (χ0n) is 12.7. The number of amides is 2. The molecule has 1 saturated heterocycles. The van der Waals surface area contributed by atoms with Crippen LogP contribution in [0.5, 0.6) is 0 Å². The molecule has 0 bridgehead atoms. The maximum atomic E-state index is 12.2. The molecule has 0 aromatic rings. The third-order valence-corrected chi connectivity index (χ3v) is 2.89. The Bertz CT molecular complexity index is 475. The molecule has 2 amide bonds. The highest BCUT2D eigenvalue weighted by Gasteiger charge is 2.48. The van der Waals surface area contributed by atoms with Crippen molar-refractivity contribution in [1.82, 2.24) is 4.90 Å². The SMILES string of the molecule is CCOC(=O)[C@@H]1C[C@@H](CC#N)C(=O)N1C(=O)OC(C)(C)C. The fraction of sp³-hybridized carbons (Fsp3) is 0.714. The van der Waals surface area contributed by atoms with E-state index >= 15 is 0 Å². The standard InChI is InChI=1S/C14H20N2O5/c1-5-20-12(18)10-8-9(6-7-15)11(17)16(10)13(19)21-14(2,3)4/h9-10H,5-6,8H2,1-4H3/t9-,10+/m1/s1. The minimum Gasteiger partial charge on any atom is -0.464 e. The molecule has 0 N–H and O–H groups in total. The van der Waals surface area contributed by atoms with Crippen LogP contribution in [0.3, 0.4) is 0 Å². The molecule has 0 saturated carbocycles. The van der Waals surface area contributed by atoms with Crippen LogP contribution in [0.4, 0.5) is 4.79 Å². The van der Waals surface area contributed by atoms with Crippen LogP contribution in [0.2, 0.25) is 0 Å². The fourth-order valence-electron chi connectivity index (χ4n) is 2.08. The Morgan fingerprint density at radius 2 is 2.05 bits per heavy atom. The summed E-state index contributed by atoms with van der Waals surface area (Å²) in [4.78, 5) is 37.0. The number of likely N-dealkylation sites (tertiary alicyclic amines) is 1. The lowest BCUT2D eigenvalue weighted by Crippen LogP contribution is -2.46. The lowest BCUT2D eigenvalue weighted by molar-refractivity contribution is -0.151. The van der Waals surface area contributed by atoms with Gasteiger partial charge in [0.25, 0.3) is 0 Å². The fourth-order valence-corrected chi connectivity index (χ4v) is 2.08. The average molecular weight is 296 g/mol. The van der Waals surface area contributed by atoms with E-state index in [0.29, 0.717) is 0 Å². The highest BCUT2D eigenvalue weighted by Crippen LogP contribution is 2.29. The van der Waals surface area contributed by atoms with Gasteiger partial charge in [-0.05, 0) is 34.1 Å². The van der Waals surface area contributed by atoms with Gasteiger partial charge in [-0.25, -0.2) is 14.5 Å². The van der Waals surface area contributed by atoms with Gasteiger partial charge in [0, 0.05) is 6.42 Å². The highest BCUT2D eigenvalue weighted by molar-refractivity contribution is 6.00. The van der Waals surface area contributed by atoms with Crippen molar-refractivity contribution in [2.24, 2.45) is 5.92 Å². The van der Waals surface area contributed by atoms with E-state index in [1.165, 1.54) is 0 Å². The van der Waals surface area contributed by atoms with E-state index in [-0.39, 0.29) is 19.4 Å². The van der Waals surface area contributed by atoms with E-state index in [2.05, 4.69) is 0 Å². The highest BCUT2D eigenvalue weighted by atomic mass is 16.6. The number of ether oxygens (including phenoxy) is 2. The number of nitriles is 1. The topological polar surface area (TPSA) is 96.7 Å². The summed E-state index contributed by atoms with van der Waals surface area (Å²) in [6.45, 7) is 6.78. The molecule has 0 aromatic carbocycles. The van der Waals surface area contributed by atoms with Crippen molar-refractivity contribution < 1.29 is 23.9 Å². The summed E-state index contributed by atoms with van der Waals surface area (Å²) in [6.07, 6.45) is -0.843. The number of hydrogen-bond acceptors (Lipinski definition) is 6. The summed E-state index contributed by atoms with van der Waals surface area (Å²) in [5.41, 5.74) is -0.788. The quantitative estimate of drug-likeness (QED) is 0.734. The van der Waals surface area contributed by atoms with E-state index in [1.54, 1.807) is 27.7 Å². The Labute approximate surface area is 123 Å². The number of rotatable bonds is 3. The number of nitrogens with zero attached hydrogens (tertiary/aromatic N) is 2. The van der Waals surface area contributed by atoms with Crippen molar-refractivity contribution in [3.05, 3.63) is 0 Å². The van der Waals surface area contributed by atoms with E-state index in [1.807, 2.05) is 6.07 Å². The predicted octanol–water partition coefficient (Wildman–Crippen LogP) is 1.62. The smallest absolute Gasteiger partial charge is 0.417 e. The molecule has 0 unspecified atom stereocenters. The van der Waals surface area contributed by atoms with Gasteiger partial charge in [0.05, 0.1) is 18.6 Å². The molecule has 116 valence electrons. The van der Waals surface area contributed by atoms with Gasteiger partial charge in [-0.3, -0.25) is 4.79 Å². The van der Waals surface area contributed by atoms with Crippen molar-refractivity contribution in [2.75, 3.05) is 6.61 Å². The van der Waals surface area contributed by atoms with Crippen LogP contribution in [0.15, 0.2) is 0 Å². The Hall–Kier alpha value is -2.10. The summed E-state index contributed by atoms with van der Waals surface area (Å²) < 4.78 is 10.0. The molecule has 2 atom stereocenters. The van der Waals surface area contributed by atoms with Gasteiger partial charge in [-0.15, -0.1) is 0 Å². The summed E-state index contributed by atoms with van der Waals surface area (Å²) in [5.74, 6) is -1.90. The van der Waals surface area contributed by atoms with E-state index in [0.717, 1.165) is 4.90 Å². The average Bonchev–Trinajstić information content (AvgIpc) is 2.66. The molecule has 1 aliphatic rings. The predicted molar refractivity (Wildman–Crippen MR) is 71.8 cm³/mol. The Morgan fingerprint density at radius 3 is 2.52 bits per heavy atom.